The van der Waals surface area contributed by atoms with E-state index in [2.05, 4.69) is 60.5 Å². The number of halogens is 9. The summed E-state index contributed by atoms with van der Waals surface area (Å²) in [6, 6.07) is 24.9. The Bertz CT molecular complexity index is 3610. The second-order valence-corrected chi connectivity index (χ2v) is 18.5. The molecule has 10 aromatic rings. The molecule has 0 aliphatic carbocycles. The predicted molar refractivity (Wildman–Crippen MR) is 267 cm³/mol. The van der Waals surface area contributed by atoms with Gasteiger partial charge < -0.3 is 29.4 Å². The van der Waals surface area contributed by atoms with Crippen molar-refractivity contribution in [3.05, 3.63) is 198 Å². The van der Waals surface area contributed by atoms with Gasteiger partial charge in [0.05, 0.1) is 69.0 Å². The Morgan fingerprint density at radius 1 is 0.610 bits per heavy atom. The summed E-state index contributed by atoms with van der Waals surface area (Å²) in [6.07, 6.45) is -5.67. The SMILES string of the molecule is NCc1ccco1.O=c1[nH]c(-c2ccc(OCc3sc(-c4ccc(C(F)(F)F)cc4)nc3CBr)cc2F)no1.O=c1[nH]c(-c2ccc(OCc3sc(-c4ccc(C(F)(F)F)cc4)nc3CNCc3ccco3)cc2F)no1. The van der Waals surface area contributed by atoms with Crippen LogP contribution in [0.15, 0.2) is 149 Å². The number of benzene rings is 4. The van der Waals surface area contributed by atoms with E-state index in [4.69, 9.17) is 24.0 Å². The number of aromatic nitrogens is 6. The molecule has 16 nitrogen and oxygen atoms in total. The summed E-state index contributed by atoms with van der Waals surface area (Å²) >= 11 is 5.88. The van der Waals surface area contributed by atoms with Crippen molar-refractivity contribution in [2.75, 3.05) is 0 Å². The molecule has 77 heavy (non-hydrogen) atoms. The molecule has 6 aromatic heterocycles. The lowest BCUT2D eigenvalue weighted by Crippen LogP contribution is -2.14. The minimum atomic E-state index is -4.44. The Labute approximate surface area is 444 Å². The lowest BCUT2D eigenvalue weighted by Gasteiger charge is -2.08. The topological polar surface area (TPSA) is 226 Å². The number of rotatable bonds is 16. The van der Waals surface area contributed by atoms with E-state index < -0.39 is 46.6 Å². The van der Waals surface area contributed by atoms with Gasteiger partial charge in [-0.2, -0.15) is 26.3 Å². The number of thiazole rings is 2. The lowest BCUT2D eigenvalue weighted by atomic mass is 10.1. The van der Waals surface area contributed by atoms with Crippen LogP contribution in [0.25, 0.3) is 43.9 Å². The molecule has 10 rings (SSSR count). The molecule has 0 saturated heterocycles. The first kappa shape index (κ1) is 55.3. The Morgan fingerprint density at radius 3 is 1.44 bits per heavy atom. The van der Waals surface area contributed by atoms with Gasteiger partial charge in [0.2, 0.25) is 0 Å². The van der Waals surface area contributed by atoms with Crippen molar-refractivity contribution >= 4 is 38.6 Å². The minimum Gasteiger partial charge on any atom is -0.488 e. The highest BCUT2D eigenvalue weighted by Gasteiger charge is 2.31. The van der Waals surface area contributed by atoms with E-state index in [9.17, 15) is 44.7 Å². The largest absolute Gasteiger partial charge is 0.488 e. The van der Waals surface area contributed by atoms with Crippen LogP contribution in [-0.4, -0.2) is 30.2 Å². The number of furan rings is 2. The van der Waals surface area contributed by atoms with Gasteiger partial charge in [0.15, 0.2) is 11.6 Å². The predicted octanol–water partition coefficient (Wildman–Crippen LogP) is 12.3. The number of H-pyrrole nitrogens is 2. The van der Waals surface area contributed by atoms with E-state index in [0.717, 1.165) is 52.8 Å². The molecule has 0 unspecified atom stereocenters. The van der Waals surface area contributed by atoms with Crippen molar-refractivity contribution in [3.8, 4) is 55.4 Å². The fraction of sp³-hybridized carbons (Fsp3) is 0.160. The summed E-state index contributed by atoms with van der Waals surface area (Å²) in [5.74, 6) is -1.01. The Balaban J connectivity index is 0.000000182. The number of hydrogen-bond donors (Lipinski definition) is 4. The summed E-state index contributed by atoms with van der Waals surface area (Å²) in [5, 5.41) is 11.6. The highest BCUT2D eigenvalue weighted by Crippen LogP contribution is 2.36. The number of nitrogens with zero attached hydrogens (tertiary/aromatic N) is 4. The molecule has 0 aliphatic heterocycles. The second kappa shape index (κ2) is 24.8. The summed E-state index contributed by atoms with van der Waals surface area (Å²) in [6.45, 7) is 1.39. The zero-order valence-corrected chi connectivity index (χ0v) is 42.4. The molecule has 4 aromatic carbocycles. The number of nitrogens with one attached hydrogen (secondary N) is 3. The summed E-state index contributed by atoms with van der Waals surface area (Å²) in [4.78, 5) is 37.2. The molecule has 0 aliphatic rings. The fourth-order valence-electron chi connectivity index (χ4n) is 6.78. The minimum absolute atomic E-state index is 0.0356. The molecule has 27 heteroatoms. The standard InChI is InChI=1S/C25H18F4N4O4S.C20H12BrF4N3O3S.C5H7NO/c26-19-10-16(7-8-18(19)22-32-24(34)37-33-22)36-13-21-20(12-30-11-17-2-1-9-35-17)31-23(38-21)14-3-5-15(6-4-14)25(27,28)29;21-8-15-16(32-18(26-15)10-1-3-11(4-2-10)20(23,24)25)9-30-12-5-6-13(14(22)7-12)17-27-19(29)31-28-17;6-4-5-2-1-3-7-5/h1-10,30H,11-13H2,(H,32,33,34);1-7H,8-9H2,(H,27,28,29);1-3H,4,6H2. The van der Waals surface area contributed by atoms with Crippen LogP contribution in [0, 0.1) is 11.6 Å². The van der Waals surface area contributed by atoms with Crippen LogP contribution in [0.1, 0.15) is 43.8 Å². The van der Waals surface area contributed by atoms with Gasteiger partial charge in [0.25, 0.3) is 0 Å². The van der Waals surface area contributed by atoms with E-state index in [-0.39, 0.29) is 47.5 Å². The molecule has 0 spiro atoms. The van der Waals surface area contributed by atoms with E-state index >= 15 is 0 Å². The molecule has 0 bridgehead atoms. The number of aromatic amines is 2. The van der Waals surface area contributed by atoms with E-state index in [1.54, 1.807) is 18.6 Å². The zero-order valence-electron chi connectivity index (χ0n) is 39.1. The molecule has 0 fully saturated rings. The highest BCUT2D eigenvalue weighted by molar-refractivity contribution is 9.08. The normalized spacial score (nSPS) is 11.5. The number of alkyl halides is 7. The Kier molecular flexibility index (Phi) is 17.8. The van der Waals surface area contributed by atoms with Crippen LogP contribution in [0.2, 0.25) is 0 Å². The van der Waals surface area contributed by atoms with Crippen molar-refractivity contribution in [1.82, 2.24) is 35.6 Å². The van der Waals surface area contributed by atoms with E-state index in [1.165, 1.54) is 71.2 Å². The molecular weight excluding hydrogens is 1140 g/mol. The van der Waals surface area contributed by atoms with Gasteiger partial charge in [-0.05, 0) is 72.8 Å². The zero-order chi connectivity index (χ0) is 54.7. The van der Waals surface area contributed by atoms with Gasteiger partial charge in [-0.3, -0.25) is 19.0 Å². The van der Waals surface area contributed by atoms with E-state index in [1.807, 2.05) is 18.2 Å². The van der Waals surface area contributed by atoms with Crippen molar-refractivity contribution < 1.29 is 62.5 Å². The average Bonchev–Trinajstić information content (AvgIpc) is 4.30. The number of ether oxygens (including phenoxy) is 2. The van der Waals surface area contributed by atoms with Gasteiger partial charge in [-0.25, -0.2) is 28.3 Å². The summed E-state index contributed by atoms with van der Waals surface area (Å²) in [5.41, 5.74) is 6.18. The second-order valence-electron chi connectivity index (χ2n) is 15.8. The van der Waals surface area contributed by atoms with Gasteiger partial charge in [-0.15, -0.1) is 22.7 Å². The van der Waals surface area contributed by atoms with Crippen LogP contribution in [0.5, 0.6) is 11.5 Å². The van der Waals surface area contributed by atoms with Gasteiger partial charge in [0.1, 0.15) is 57.9 Å². The molecule has 0 radical (unpaired) electrons. The average molecular weight is 1170 g/mol. The van der Waals surface area contributed by atoms with Crippen LogP contribution in [-0.2, 0) is 50.5 Å². The maximum absolute atomic E-state index is 14.6. The van der Waals surface area contributed by atoms with Crippen molar-refractivity contribution in [2.24, 2.45) is 5.73 Å². The highest BCUT2D eigenvalue weighted by atomic mass is 79.9. The first-order valence-electron chi connectivity index (χ1n) is 22.3. The smallest absolute Gasteiger partial charge is 0.439 e. The van der Waals surface area contributed by atoms with Crippen LogP contribution in [0.3, 0.4) is 0 Å². The molecular formula is C50H37BrF8N8O8S2. The summed E-state index contributed by atoms with van der Waals surface area (Å²) < 4.78 is 137. The fourth-order valence-corrected chi connectivity index (χ4v) is 9.42. The third kappa shape index (κ3) is 14.7. The maximum Gasteiger partial charge on any atom is 0.439 e. The molecule has 0 saturated carbocycles. The molecule has 0 atom stereocenters. The van der Waals surface area contributed by atoms with Gasteiger partial charge >= 0.3 is 23.9 Å². The van der Waals surface area contributed by atoms with Gasteiger partial charge in [-0.1, -0.05) is 50.5 Å². The van der Waals surface area contributed by atoms with E-state index in [0.29, 0.717) is 62.4 Å². The van der Waals surface area contributed by atoms with Crippen LogP contribution < -0.4 is 32.0 Å². The first-order chi connectivity index (χ1) is 36.9. The lowest BCUT2D eigenvalue weighted by molar-refractivity contribution is -0.138. The molecule has 5 N–H and O–H groups in total. The third-order valence-corrected chi connectivity index (χ3v) is 13.3. The van der Waals surface area contributed by atoms with Crippen molar-refractivity contribution in [1.29, 1.82) is 0 Å². The van der Waals surface area contributed by atoms with Crippen molar-refractivity contribution in [3.63, 3.8) is 0 Å². The quantitative estimate of drug-likeness (QED) is 0.0521. The monoisotopic (exact) mass is 1170 g/mol. The van der Waals surface area contributed by atoms with Gasteiger partial charge in [0, 0.05) is 35.1 Å². The van der Waals surface area contributed by atoms with Crippen LogP contribution >= 0.6 is 38.6 Å². The Hall–Kier alpha value is -7.98. The molecule has 400 valence electrons. The molecule has 6 heterocycles. The maximum atomic E-state index is 14.6. The number of nitrogens with two attached hydrogens (primary N) is 1. The third-order valence-electron chi connectivity index (χ3n) is 10.6. The Morgan fingerprint density at radius 2 is 1.06 bits per heavy atom. The summed E-state index contributed by atoms with van der Waals surface area (Å²) in [7, 11) is 0. The van der Waals surface area contributed by atoms with Crippen LogP contribution in [0.4, 0.5) is 35.1 Å². The molecule has 0 amide bonds. The number of hydrogen-bond acceptors (Lipinski definition) is 16. The first-order valence-corrected chi connectivity index (χ1v) is 25.0. The van der Waals surface area contributed by atoms with Crippen molar-refractivity contribution in [2.45, 2.75) is 50.5 Å².